The molecule has 0 aliphatic heterocycles. The zero-order valence-electron chi connectivity index (χ0n) is 9.00. The maximum absolute atomic E-state index is 13.7. The first-order chi connectivity index (χ1) is 8.13. The Morgan fingerprint density at radius 3 is 2.71 bits per heavy atom. The summed E-state index contributed by atoms with van der Waals surface area (Å²) in [4.78, 5) is 0. The zero-order valence-corrected chi connectivity index (χ0v) is 9.76. The van der Waals surface area contributed by atoms with E-state index in [2.05, 4.69) is 6.07 Å². The van der Waals surface area contributed by atoms with Crippen molar-refractivity contribution in [3.05, 3.63) is 52.8 Å². The Balaban J connectivity index is 2.57. The lowest BCUT2D eigenvalue weighted by Gasteiger charge is -2.08. The fraction of sp³-hybridized carbons (Fsp3) is 0.0769. The van der Waals surface area contributed by atoms with Gasteiger partial charge in [0.15, 0.2) is 0 Å². The summed E-state index contributed by atoms with van der Waals surface area (Å²) in [5.74, 6) is -0.395. The van der Waals surface area contributed by atoms with Gasteiger partial charge in [0.25, 0.3) is 0 Å². The SMILES string of the molecule is NCc1c[c]c(-c2c(F)cccc2Cl)cc1N. The standard InChI is InChI=1S/C13H11ClFN2/c14-10-2-1-3-11(15)13(10)8-4-5-9(7-16)12(17)6-8/h1-3,5-6H,7,16-17H2. The molecule has 0 aliphatic rings. The number of hydrogen-bond acceptors (Lipinski definition) is 2. The van der Waals surface area contributed by atoms with Gasteiger partial charge in [-0.05, 0) is 41.5 Å². The Labute approximate surface area is 104 Å². The molecule has 0 aromatic heterocycles. The summed E-state index contributed by atoms with van der Waals surface area (Å²) in [6.07, 6.45) is 0. The van der Waals surface area contributed by atoms with Crippen molar-refractivity contribution in [2.24, 2.45) is 5.73 Å². The lowest BCUT2D eigenvalue weighted by molar-refractivity contribution is 0.631. The van der Waals surface area contributed by atoms with Gasteiger partial charge in [-0.15, -0.1) is 0 Å². The van der Waals surface area contributed by atoms with Crippen molar-refractivity contribution in [2.75, 3.05) is 5.73 Å². The first kappa shape index (κ1) is 11.9. The Morgan fingerprint density at radius 2 is 2.12 bits per heavy atom. The molecule has 4 N–H and O–H groups in total. The minimum Gasteiger partial charge on any atom is -0.398 e. The van der Waals surface area contributed by atoms with Gasteiger partial charge in [0.2, 0.25) is 0 Å². The summed E-state index contributed by atoms with van der Waals surface area (Å²) in [5, 5.41) is 0.334. The predicted octanol–water partition coefficient (Wildman–Crippen LogP) is 2.99. The molecule has 0 unspecified atom stereocenters. The molecule has 0 spiro atoms. The summed E-state index contributed by atoms with van der Waals surface area (Å²) in [5.41, 5.74) is 13.4. The minimum atomic E-state index is -0.395. The third-order valence-corrected chi connectivity index (χ3v) is 2.84. The molecule has 0 aliphatic carbocycles. The highest BCUT2D eigenvalue weighted by molar-refractivity contribution is 6.33. The molecule has 87 valence electrons. The van der Waals surface area contributed by atoms with E-state index in [1.54, 1.807) is 24.3 Å². The van der Waals surface area contributed by atoms with Crippen LogP contribution in [0.1, 0.15) is 5.56 Å². The molecule has 0 bridgehead atoms. The van der Waals surface area contributed by atoms with E-state index in [4.69, 9.17) is 23.1 Å². The maximum Gasteiger partial charge on any atom is 0.132 e. The molecule has 2 aromatic carbocycles. The first-order valence-corrected chi connectivity index (χ1v) is 5.46. The van der Waals surface area contributed by atoms with Crippen LogP contribution in [0.3, 0.4) is 0 Å². The van der Waals surface area contributed by atoms with Crippen LogP contribution in [0.25, 0.3) is 11.1 Å². The number of nitrogen functional groups attached to an aromatic ring is 1. The van der Waals surface area contributed by atoms with Crippen LogP contribution in [-0.4, -0.2) is 0 Å². The summed E-state index contributed by atoms with van der Waals surface area (Å²) in [6, 6.07) is 10.8. The number of rotatable bonds is 2. The summed E-state index contributed by atoms with van der Waals surface area (Å²) >= 11 is 5.96. The highest BCUT2D eigenvalue weighted by atomic mass is 35.5. The molecule has 2 nitrogen and oxygen atoms in total. The molecular formula is C13H11ClFN2. The lowest BCUT2D eigenvalue weighted by atomic mass is 10.0. The van der Waals surface area contributed by atoms with E-state index >= 15 is 0 Å². The van der Waals surface area contributed by atoms with Gasteiger partial charge in [-0.25, -0.2) is 4.39 Å². The van der Waals surface area contributed by atoms with E-state index in [0.717, 1.165) is 5.56 Å². The molecule has 0 fully saturated rings. The van der Waals surface area contributed by atoms with Gasteiger partial charge in [-0.2, -0.15) is 0 Å². The van der Waals surface area contributed by atoms with Crippen LogP contribution in [0.4, 0.5) is 10.1 Å². The summed E-state index contributed by atoms with van der Waals surface area (Å²) < 4.78 is 13.7. The number of hydrogen-bond donors (Lipinski definition) is 2. The highest BCUT2D eigenvalue weighted by Crippen LogP contribution is 2.31. The van der Waals surface area contributed by atoms with Crippen LogP contribution in [-0.2, 0) is 6.54 Å². The molecular weight excluding hydrogens is 239 g/mol. The zero-order chi connectivity index (χ0) is 12.4. The average Bonchev–Trinajstić information content (AvgIpc) is 2.29. The lowest BCUT2D eigenvalue weighted by Crippen LogP contribution is -2.01. The second-order valence-electron chi connectivity index (χ2n) is 3.63. The van der Waals surface area contributed by atoms with Crippen molar-refractivity contribution in [3.8, 4) is 11.1 Å². The number of benzene rings is 2. The van der Waals surface area contributed by atoms with Crippen molar-refractivity contribution in [2.45, 2.75) is 6.54 Å². The third kappa shape index (κ3) is 2.25. The molecule has 0 saturated heterocycles. The van der Waals surface area contributed by atoms with Crippen molar-refractivity contribution in [3.63, 3.8) is 0 Å². The molecule has 17 heavy (non-hydrogen) atoms. The molecule has 0 saturated carbocycles. The van der Waals surface area contributed by atoms with E-state index in [9.17, 15) is 4.39 Å². The largest absolute Gasteiger partial charge is 0.398 e. The second-order valence-corrected chi connectivity index (χ2v) is 4.04. The second kappa shape index (κ2) is 4.73. The highest BCUT2D eigenvalue weighted by Gasteiger charge is 2.10. The molecule has 0 heterocycles. The predicted molar refractivity (Wildman–Crippen MR) is 68.0 cm³/mol. The van der Waals surface area contributed by atoms with E-state index in [1.807, 2.05) is 0 Å². The van der Waals surface area contributed by atoms with Crippen molar-refractivity contribution >= 4 is 17.3 Å². The molecule has 4 heteroatoms. The van der Waals surface area contributed by atoms with Gasteiger partial charge in [0.05, 0.1) is 5.02 Å². The minimum absolute atomic E-state index is 0.310. The van der Waals surface area contributed by atoms with Crippen LogP contribution >= 0.6 is 11.6 Å². The summed E-state index contributed by atoms with van der Waals surface area (Å²) in [7, 11) is 0. The van der Waals surface area contributed by atoms with E-state index in [1.165, 1.54) is 6.07 Å². The van der Waals surface area contributed by atoms with Crippen molar-refractivity contribution in [1.82, 2.24) is 0 Å². The van der Waals surface area contributed by atoms with Gasteiger partial charge in [-0.1, -0.05) is 17.7 Å². The first-order valence-electron chi connectivity index (χ1n) is 5.08. The fourth-order valence-electron chi connectivity index (χ4n) is 1.61. The Hall–Kier alpha value is -1.58. The number of halogens is 2. The quantitative estimate of drug-likeness (QED) is 0.804. The van der Waals surface area contributed by atoms with E-state index in [0.29, 0.717) is 28.4 Å². The normalized spacial score (nSPS) is 10.5. The van der Waals surface area contributed by atoms with Crippen LogP contribution < -0.4 is 11.5 Å². The molecule has 2 rings (SSSR count). The Bertz CT molecular complexity index is 535. The Morgan fingerprint density at radius 1 is 1.35 bits per heavy atom. The smallest absolute Gasteiger partial charge is 0.132 e. The fourth-order valence-corrected chi connectivity index (χ4v) is 1.88. The van der Waals surface area contributed by atoms with Crippen molar-refractivity contribution < 1.29 is 4.39 Å². The van der Waals surface area contributed by atoms with Gasteiger partial charge >= 0.3 is 0 Å². The van der Waals surface area contributed by atoms with Gasteiger partial charge in [0, 0.05) is 17.8 Å². The summed E-state index contributed by atoms with van der Waals surface area (Å²) in [6.45, 7) is 0.327. The van der Waals surface area contributed by atoms with Crippen LogP contribution in [0, 0.1) is 11.9 Å². The van der Waals surface area contributed by atoms with Crippen LogP contribution in [0.5, 0.6) is 0 Å². The van der Waals surface area contributed by atoms with Gasteiger partial charge < -0.3 is 11.5 Å². The molecule has 0 amide bonds. The molecule has 0 atom stereocenters. The number of anilines is 1. The maximum atomic E-state index is 13.7. The Kier molecular flexibility index (Phi) is 3.31. The molecule has 2 aromatic rings. The van der Waals surface area contributed by atoms with E-state index in [-0.39, 0.29) is 0 Å². The van der Waals surface area contributed by atoms with E-state index < -0.39 is 5.82 Å². The van der Waals surface area contributed by atoms with Crippen molar-refractivity contribution in [1.29, 1.82) is 0 Å². The number of nitrogens with two attached hydrogens (primary N) is 2. The van der Waals surface area contributed by atoms with Crippen LogP contribution in [0.2, 0.25) is 5.02 Å². The monoisotopic (exact) mass is 249 g/mol. The van der Waals surface area contributed by atoms with Gasteiger partial charge in [0.1, 0.15) is 5.82 Å². The van der Waals surface area contributed by atoms with Gasteiger partial charge in [-0.3, -0.25) is 0 Å². The van der Waals surface area contributed by atoms with Crippen LogP contribution in [0.15, 0.2) is 30.3 Å². The topological polar surface area (TPSA) is 52.0 Å². The average molecular weight is 250 g/mol. The molecule has 1 radical (unpaired) electrons. The third-order valence-electron chi connectivity index (χ3n) is 2.52.